The largest absolute Gasteiger partial charge is 0.467 e. The van der Waals surface area contributed by atoms with E-state index in [1.807, 2.05) is 6.07 Å². The average molecular weight is 420 g/mol. The third-order valence-corrected chi connectivity index (χ3v) is 4.28. The van der Waals surface area contributed by atoms with Crippen LogP contribution >= 0.6 is 0 Å². The number of carbonyl (C=O) groups is 3. The van der Waals surface area contributed by atoms with Crippen molar-refractivity contribution in [2.45, 2.75) is 57.7 Å². The minimum atomic E-state index is -0.959. The van der Waals surface area contributed by atoms with Gasteiger partial charge < -0.3 is 23.7 Å². The van der Waals surface area contributed by atoms with Crippen LogP contribution in [0.3, 0.4) is 0 Å². The molecule has 0 saturated carbocycles. The molecule has 0 spiro atoms. The summed E-state index contributed by atoms with van der Waals surface area (Å²) in [4.78, 5) is 35.4. The minimum Gasteiger partial charge on any atom is -0.467 e. The summed E-state index contributed by atoms with van der Waals surface area (Å²) in [5.74, 6) is -2.38. The molecule has 8 heteroatoms. The number of ether oxygens (including phenoxy) is 5. The number of hydrogen-bond acceptors (Lipinski definition) is 8. The Kier molecular flexibility index (Phi) is 8.56. The molecule has 8 nitrogen and oxygen atoms in total. The first-order valence-electron chi connectivity index (χ1n) is 9.71. The van der Waals surface area contributed by atoms with Gasteiger partial charge >= 0.3 is 17.9 Å². The molecule has 1 aliphatic rings. The predicted octanol–water partition coefficient (Wildman–Crippen LogP) is 2.80. The van der Waals surface area contributed by atoms with Gasteiger partial charge in [-0.05, 0) is 38.5 Å². The highest BCUT2D eigenvalue weighted by molar-refractivity contribution is 5.89. The molecule has 1 heterocycles. The van der Waals surface area contributed by atoms with Crippen molar-refractivity contribution in [3.63, 3.8) is 0 Å². The zero-order valence-electron chi connectivity index (χ0n) is 17.7. The Morgan fingerprint density at radius 2 is 1.87 bits per heavy atom. The molecule has 0 aromatic heterocycles. The van der Waals surface area contributed by atoms with E-state index in [1.54, 1.807) is 50.3 Å². The maximum Gasteiger partial charge on any atom is 0.338 e. The third kappa shape index (κ3) is 7.27. The standard InChI is InChI=1S/C22H28O8/c1-15(23)28-17(14-18-19(21(25)26-4)30-22(2,3)29-18)12-8-9-13-27-20(24)16-10-6-5-7-11-16/h5-8,10-12,17-19H,9,13-14H2,1-4H3/b12-8-/t17-,18-,19-/m0/s1. The lowest BCUT2D eigenvalue weighted by Gasteiger charge is -2.20. The van der Waals surface area contributed by atoms with Crippen molar-refractivity contribution in [3.8, 4) is 0 Å². The second-order valence-electron chi connectivity index (χ2n) is 7.22. The molecule has 0 amide bonds. The van der Waals surface area contributed by atoms with Crippen LogP contribution in [0.25, 0.3) is 0 Å². The highest BCUT2D eigenvalue weighted by Gasteiger charge is 2.46. The van der Waals surface area contributed by atoms with Gasteiger partial charge in [0.1, 0.15) is 12.2 Å². The van der Waals surface area contributed by atoms with Crippen LogP contribution in [0.2, 0.25) is 0 Å². The summed E-state index contributed by atoms with van der Waals surface area (Å²) < 4.78 is 26.7. The predicted molar refractivity (Wildman–Crippen MR) is 106 cm³/mol. The molecule has 164 valence electrons. The zero-order chi connectivity index (χ0) is 22.1. The molecular weight excluding hydrogens is 392 g/mol. The molecule has 1 aliphatic heterocycles. The molecule has 1 aromatic rings. The summed E-state index contributed by atoms with van der Waals surface area (Å²) in [6.45, 7) is 4.87. The Morgan fingerprint density at radius 3 is 2.50 bits per heavy atom. The van der Waals surface area contributed by atoms with Crippen molar-refractivity contribution in [1.29, 1.82) is 0 Å². The van der Waals surface area contributed by atoms with Gasteiger partial charge in [-0.2, -0.15) is 0 Å². The fraction of sp³-hybridized carbons (Fsp3) is 0.500. The van der Waals surface area contributed by atoms with E-state index in [1.165, 1.54) is 14.0 Å². The van der Waals surface area contributed by atoms with Crippen molar-refractivity contribution in [1.82, 2.24) is 0 Å². The topological polar surface area (TPSA) is 97.4 Å². The number of esters is 3. The molecule has 0 radical (unpaired) electrons. The van der Waals surface area contributed by atoms with Gasteiger partial charge in [-0.25, -0.2) is 9.59 Å². The first-order valence-corrected chi connectivity index (χ1v) is 9.71. The van der Waals surface area contributed by atoms with E-state index in [9.17, 15) is 14.4 Å². The van der Waals surface area contributed by atoms with Gasteiger partial charge in [-0.3, -0.25) is 4.79 Å². The molecule has 0 unspecified atom stereocenters. The second-order valence-corrected chi connectivity index (χ2v) is 7.22. The van der Waals surface area contributed by atoms with Crippen LogP contribution in [0.5, 0.6) is 0 Å². The van der Waals surface area contributed by atoms with E-state index in [2.05, 4.69) is 0 Å². The first kappa shape index (κ1) is 23.6. The molecule has 0 aliphatic carbocycles. The van der Waals surface area contributed by atoms with Crippen LogP contribution in [-0.2, 0) is 33.3 Å². The number of carbonyl (C=O) groups excluding carboxylic acids is 3. The molecule has 0 N–H and O–H groups in total. The Hall–Kier alpha value is -2.71. The second kappa shape index (κ2) is 10.9. The number of benzene rings is 1. The molecule has 1 aromatic carbocycles. The molecule has 2 rings (SSSR count). The third-order valence-electron chi connectivity index (χ3n) is 4.28. The summed E-state index contributed by atoms with van der Waals surface area (Å²) in [6.07, 6.45) is 1.89. The molecule has 1 saturated heterocycles. The van der Waals surface area contributed by atoms with E-state index in [-0.39, 0.29) is 13.0 Å². The lowest BCUT2D eigenvalue weighted by molar-refractivity contribution is -0.168. The summed E-state index contributed by atoms with van der Waals surface area (Å²) in [6, 6.07) is 8.70. The van der Waals surface area contributed by atoms with Gasteiger partial charge in [0.15, 0.2) is 11.9 Å². The monoisotopic (exact) mass is 420 g/mol. The number of methoxy groups -OCH3 is 1. The summed E-state index contributed by atoms with van der Waals surface area (Å²) in [7, 11) is 1.27. The van der Waals surface area contributed by atoms with Gasteiger partial charge in [0.2, 0.25) is 0 Å². The average Bonchev–Trinajstić information content (AvgIpc) is 3.01. The quantitative estimate of drug-likeness (QED) is 0.260. The van der Waals surface area contributed by atoms with E-state index >= 15 is 0 Å². The smallest absolute Gasteiger partial charge is 0.338 e. The Morgan fingerprint density at radius 1 is 1.17 bits per heavy atom. The molecule has 30 heavy (non-hydrogen) atoms. The van der Waals surface area contributed by atoms with Crippen molar-refractivity contribution >= 4 is 17.9 Å². The van der Waals surface area contributed by atoms with Crippen molar-refractivity contribution in [2.75, 3.05) is 13.7 Å². The molecule has 0 bridgehead atoms. The summed E-state index contributed by atoms with van der Waals surface area (Å²) >= 11 is 0. The van der Waals surface area contributed by atoms with E-state index in [0.29, 0.717) is 12.0 Å². The highest BCUT2D eigenvalue weighted by Crippen LogP contribution is 2.32. The van der Waals surface area contributed by atoms with Gasteiger partial charge in [-0.1, -0.05) is 24.3 Å². The van der Waals surface area contributed by atoms with Crippen LogP contribution in [0, 0.1) is 0 Å². The van der Waals surface area contributed by atoms with Crippen LogP contribution in [0.1, 0.15) is 44.0 Å². The number of hydrogen-bond donors (Lipinski definition) is 0. The molecular formula is C22H28O8. The van der Waals surface area contributed by atoms with E-state index in [4.69, 9.17) is 23.7 Å². The lowest BCUT2D eigenvalue weighted by atomic mass is 10.1. The summed E-state index contributed by atoms with van der Waals surface area (Å²) in [5.41, 5.74) is 0.481. The van der Waals surface area contributed by atoms with Crippen molar-refractivity contribution < 1.29 is 38.1 Å². The minimum absolute atomic E-state index is 0.178. The zero-order valence-corrected chi connectivity index (χ0v) is 17.7. The van der Waals surface area contributed by atoms with Gasteiger partial charge in [-0.15, -0.1) is 0 Å². The number of rotatable bonds is 9. The lowest BCUT2D eigenvalue weighted by Crippen LogP contribution is -2.35. The Bertz CT molecular complexity index is 756. The Labute approximate surface area is 176 Å². The van der Waals surface area contributed by atoms with Crippen molar-refractivity contribution in [3.05, 3.63) is 48.0 Å². The van der Waals surface area contributed by atoms with Crippen LogP contribution in [0.15, 0.2) is 42.5 Å². The maximum absolute atomic E-state index is 12.0. The van der Waals surface area contributed by atoms with Gasteiger partial charge in [0, 0.05) is 13.3 Å². The van der Waals surface area contributed by atoms with Crippen LogP contribution < -0.4 is 0 Å². The van der Waals surface area contributed by atoms with E-state index in [0.717, 1.165) is 0 Å². The highest BCUT2D eigenvalue weighted by atomic mass is 16.8. The first-order chi connectivity index (χ1) is 14.2. The maximum atomic E-state index is 12.0. The summed E-state index contributed by atoms with van der Waals surface area (Å²) in [5, 5.41) is 0. The molecule has 1 fully saturated rings. The van der Waals surface area contributed by atoms with Gasteiger partial charge in [0.05, 0.1) is 19.3 Å². The fourth-order valence-electron chi connectivity index (χ4n) is 3.06. The van der Waals surface area contributed by atoms with E-state index < -0.39 is 42.0 Å². The van der Waals surface area contributed by atoms with Gasteiger partial charge in [0.25, 0.3) is 0 Å². The van der Waals surface area contributed by atoms with Crippen LogP contribution in [0.4, 0.5) is 0 Å². The normalized spacial score (nSPS) is 21.2. The molecule has 3 atom stereocenters. The SMILES string of the molecule is COC(=O)[C@H]1OC(C)(C)O[C@H]1C[C@H](/C=C\CCOC(=O)c1ccccc1)OC(C)=O. The van der Waals surface area contributed by atoms with Crippen LogP contribution in [-0.4, -0.2) is 55.7 Å². The Balaban J connectivity index is 1.91. The fourth-order valence-corrected chi connectivity index (χ4v) is 3.06. The van der Waals surface area contributed by atoms with Crippen molar-refractivity contribution in [2.24, 2.45) is 0 Å².